The van der Waals surface area contributed by atoms with Crippen LogP contribution in [0.1, 0.15) is 65.2 Å². The Labute approximate surface area is 212 Å². The average Bonchev–Trinajstić information content (AvgIpc) is 2.87. The zero-order valence-corrected chi connectivity index (χ0v) is 21.6. The Balaban J connectivity index is 1.73. The summed E-state index contributed by atoms with van der Waals surface area (Å²) in [5.74, 6) is -0.293. The van der Waals surface area contributed by atoms with E-state index in [0.29, 0.717) is 33.6 Å². The molecule has 36 heavy (non-hydrogen) atoms. The van der Waals surface area contributed by atoms with Gasteiger partial charge >= 0.3 is 0 Å². The Morgan fingerprint density at radius 3 is 1.22 bits per heavy atom. The van der Waals surface area contributed by atoms with Crippen LogP contribution in [0.2, 0.25) is 0 Å². The second-order valence-corrected chi connectivity index (χ2v) is 9.76. The third-order valence-electron chi connectivity index (χ3n) is 7.48. The second-order valence-electron chi connectivity index (χ2n) is 9.76. The third kappa shape index (κ3) is 3.70. The highest BCUT2D eigenvalue weighted by Crippen LogP contribution is 2.40. The van der Waals surface area contributed by atoms with E-state index in [4.69, 9.17) is 0 Å². The van der Waals surface area contributed by atoms with Gasteiger partial charge in [0.1, 0.15) is 0 Å². The summed E-state index contributed by atoms with van der Waals surface area (Å²) in [6, 6.07) is 19.2. The molecule has 0 saturated carbocycles. The highest BCUT2D eigenvalue weighted by molar-refractivity contribution is 6.32. The lowest BCUT2D eigenvalue weighted by atomic mass is 9.82. The number of carbonyl (C=O) groups is 2. The second kappa shape index (κ2) is 8.80. The van der Waals surface area contributed by atoms with Crippen LogP contribution in [-0.2, 0) is 0 Å². The van der Waals surface area contributed by atoms with Gasteiger partial charge in [0.2, 0.25) is 0 Å². The summed E-state index contributed by atoms with van der Waals surface area (Å²) < 4.78 is 0. The maximum Gasteiger partial charge on any atom is 0.196 e. The molecular weight excluding hydrogens is 444 g/mol. The van der Waals surface area contributed by atoms with Crippen LogP contribution in [0.5, 0.6) is 0 Å². The quantitative estimate of drug-likeness (QED) is 0.279. The van der Waals surface area contributed by atoms with Crippen molar-refractivity contribution in [3.05, 3.63) is 116 Å². The molecule has 0 saturated heterocycles. The Kier molecular flexibility index (Phi) is 5.76. The van der Waals surface area contributed by atoms with Crippen molar-refractivity contribution < 1.29 is 9.59 Å². The molecule has 4 aromatic rings. The summed E-state index contributed by atoms with van der Waals surface area (Å²) in [4.78, 5) is 27.7. The number of hydrogen-bond acceptors (Lipinski definition) is 4. The van der Waals surface area contributed by atoms with Crippen LogP contribution in [0.15, 0.2) is 60.7 Å². The van der Waals surface area contributed by atoms with Crippen LogP contribution in [0.25, 0.3) is 0 Å². The van der Waals surface area contributed by atoms with Crippen LogP contribution in [0, 0.1) is 41.5 Å². The van der Waals surface area contributed by atoms with Gasteiger partial charge in [-0.1, -0.05) is 48.5 Å². The Morgan fingerprint density at radius 2 is 0.833 bits per heavy atom. The summed E-state index contributed by atoms with van der Waals surface area (Å²) in [7, 11) is 0. The fourth-order valence-electron chi connectivity index (χ4n) is 4.99. The number of aryl methyl sites for hydroxylation is 4. The van der Waals surface area contributed by atoms with E-state index in [1.54, 1.807) is 24.3 Å². The van der Waals surface area contributed by atoms with Crippen LogP contribution in [-0.4, -0.2) is 11.6 Å². The van der Waals surface area contributed by atoms with E-state index in [1.165, 1.54) is 0 Å². The molecule has 0 aromatic heterocycles. The van der Waals surface area contributed by atoms with Gasteiger partial charge in [0.05, 0.1) is 22.5 Å². The summed E-state index contributed by atoms with van der Waals surface area (Å²) in [5, 5.41) is 7.03. The number of benzene rings is 4. The fourth-order valence-corrected chi connectivity index (χ4v) is 4.99. The maximum absolute atomic E-state index is 13.9. The van der Waals surface area contributed by atoms with Crippen molar-refractivity contribution in [2.75, 3.05) is 10.6 Å². The lowest BCUT2D eigenvalue weighted by Gasteiger charge is -2.25. The molecule has 180 valence electrons. The number of rotatable bonds is 4. The van der Waals surface area contributed by atoms with Gasteiger partial charge in [-0.25, -0.2) is 0 Å². The fraction of sp³-hybridized carbons (Fsp3) is 0.188. The van der Waals surface area contributed by atoms with E-state index in [2.05, 4.69) is 62.6 Å². The molecule has 1 aliphatic rings. The third-order valence-corrected chi connectivity index (χ3v) is 7.48. The molecule has 0 heterocycles. The molecular formula is C32H30N2O2. The molecule has 0 bridgehead atoms. The highest BCUT2D eigenvalue weighted by atomic mass is 16.1. The molecule has 5 rings (SSSR count). The van der Waals surface area contributed by atoms with Crippen LogP contribution in [0.4, 0.5) is 22.7 Å². The molecule has 0 amide bonds. The van der Waals surface area contributed by atoms with Crippen molar-refractivity contribution in [1.82, 2.24) is 0 Å². The minimum Gasteiger partial charge on any atom is -0.354 e. The number of hydrogen-bond donors (Lipinski definition) is 2. The van der Waals surface area contributed by atoms with Gasteiger partial charge < -0.3 is 10.6 Å². The first-order valence-electron chi connectivity index (χ1n) is 12.2. The number of fused-ring (bicyclic) bond motifs is 2. The molecule has 4 aromatic carbocycles. The van der Waals surface area contributed by atoms with Crippen molar-refractivity contribution in [3.8, 4) is 0 Å². The summed E-state index contributed by atoms with van der Waals surface area (Å²) in [6.07, 6.45) is 0. The topological polar surface area (TPSA) is 58.2 Å². The zero-order chi connectivity index (χ0) is 25.7. The molecule has 2 N–H and O–H groups in total. The first kappa shape index (κ1) is 23.6. The molecule has 0 aliphatic heterocycles. The Bertz CT molecular complexity index is 1460. The normalized spacial score (nSPS) is 12.3. The van der Waals surface area contributed by atoms with Gasteiger partial charge in [0.15, 0.2) is 11.6 Å². The van der Waals surface area contributed by atoms with Crippen molar-refractivity contribution in [1.29, 1.82) is 0 Å². The molecule has 0 atom stereocenters. The molecule has 4 nitrogen and oxygen atoms in total. The van der Waals surface area contributed by atoms with Gasteiger partial charge in [-0.05, 0) is 87.1 Å². The zero-order valence-electron chi connectivity index (χ0n) is 21.6. The first-order valence-corrected chi connectivity index (χ1v) is 12.2. The van der Waals surface area contributed by atoms with Crippen LogP contribution in [0.3, 0.4) is 0 Å². The standard InChI is InChI=1S/C32H30N2O2/c1-17-11-13-19(3)29(21(17)5)33-25-15-16-26(34-30-20(4)14-12-18(2)22(30)6)28-27(25)31(35)23-9-7-8-10-24(23)32(28)36/h7-16,33-34H,1-6H3. The summed E-state index contributed by atoms with van der Waals surface area (Å²) in [5.41, 5.74) is 11.6. The Morgan fingerprint density at radius 1 is 0.472 bits per heavy atom. The van der Waals surface area contributed by atoms with Gasteiger partial charge in [-0.15, -0.1) is 0 Å². The van der Waals surface area contributed by atoms with Gasteiger partial charge in [-0.3, -0.25) is 9.59 Å². The lowest BCUT2D eigenvalue weighted by Crippen LogP contribution is -2.23. The molecule has 0 spiro atoms. The SMILES string of the molecule is Cc1ccc(C)c(Nc2ccc(Nc3c(C)ccc(C)c3C)c3c2C(=O)c2ccccc2C3=O)c1C. The monoisotopic (exact) mass is 474 g/mol. The van der Waals surface area contributed by atoms with Crippen molar-refractivity contribution in [2.45, 2.75) is 41.5 Å². The number of anilines is 4. The van der Waals surface area contributed by atoms with Gasteiger partial charge in [0, 0.05) is 22.5 Å². The van der Waals surface area contributed by atoms with Crippen molar-refractivity contribution in [2.24, 2.45) is 0 Å². The predicted molar refractivity (Wildman–Crippen MR) is 148 cm³/mol. The van der Waals surface area contributed by atoms with E-state index < -0.39 is 0 Å². The van der Waals surface area contributed by atoms with E-state index in [9.17, 15) is 9.59 Å². The smallest absolute Gasteiger partial charge is 0.196 e. The average molecular weight is 475 g/mol. The van der Waals surface area contributed by atoms with Crippen LogP contribution < -0.4 is 10.6 Å². The number of nitrogens with one attached hydrogen (secondary N) is 2. The molecule has 1 aliphatic carbocycles. The van der Waals surface area contributed by atoms with Gasteiger partial charge in [-0.2, -0.15) is 0 Å². The number of ketones is 2. The van der Waals surface area contributed by atoms with E-state index in [-0.39, 0.29) is 11.6 Å². The molecule has 0 fully saturated rings. The number of carbonyl (C=O) groups excluding carboxylic acids is 2. The van der Waals surface area contributed by atoms with Crippen LogP contribution >= 0.6 is 0 Å². The largest absolute Gasteiger partial charge is 0.354 e. The van der Waals surface area contributed by atoms with E-state index in [0.717, 1.165) is 44.8 Å². The van der Waals surface area contributed by atoms with Crippen molar-refractivity contribution >= 4 is 34.3 Å². The van der Waals surface area contributed by atoms with Gasteiger partial charge in [0.25, 0.3) is 0 Å². The lowest BCUT2D eigenvalue weighted by molar-refractivity contribution is 0.0980. The molecule has 0 radical (unpaired) electrons. The summed E-state index contributed by atoms with van der Waals surface area (Å²) in [6.45, 7) is 12.4. The molecule has 4 heteroatoms. The minimum absolute atomic E-state index is 0.146. The maximum atomic E-state index is 13.9. The predicted octanol–water partition coefficient (Wildman–Crippen LogP) is 7.80. The molecule has 0 unspecified atom stereocenters. The van der Waals surface area contributed by atoms with E-state index >= 15 is 0 Å². The Hall–Kier alpha value is -4.18. The van der Waals surface area contributed by atoms with E-state index in [1.807, 2.05) is 26.0 Å². The highest BCUT2D eigenvalue weighted by Gasteiger charge is 2.34. The summed E-state index contributed by atoms with van der Waals surface area (Å²) >= 11 is 0. The first-order chi connectivity index (χ1) is 17.2. The van der Waals surface area contributed by atoms with Crippen molar-refractivity contribution in [3.63, 3.8) is 0 Å². The minimum atomic E-state index is -0.146.